The highest BCUT2D eigenvalue weighted by molar-refractivity contribution is 5.36. The summed E-state index contributed by atoms with van der Waals surface area (Å²) >= 11 is 0. The van der Waals surface area contributed by atoms with Crippen molar-refractivity contribution in [1.82, 2.24) is 4.98 Å². The Hall–Kier alpha value is -2.14. The monoisotopic (exact) mass is 276 g/mol. The quantitative estimate of drug-likeness (QED) is 0.911. The van der Waals surface area contributed by atoms with Gasteiger partial charge in [-0.3, -0.25) is 4.98 Å². The standard InChI is InChI=1S/C15H17FN2O2/c1-19-13-5-3-4-10(15(13)16)8-12(17)11-6-7-18-9-14(11)20-2/h3-7,9,12H,8,17H2,1-2H3. The zero-order chi connectivity index (χ0) is 14.5. The third-order valence-corrected chi connectivity index (χ3v) is 3.14. The molecule has 0 aliphatic rings. The molecule has 1 aromatic heterocycles. The number of pyridine rings is 1. The molecule has 5 heteroatoms. The summed E-state index contributed by atoms with van der Waals surface area (Å²) in [4.78, 5) is 3.98. The molecule has 2 rings (SSSR count). The molecule has 1 heterocycles. The van der Waals surface area contributed by atoms with Gasteiger partial charge in [-0.2, -0.15) is 0 Å². The number of benzene rings is 1. The lowest BCUT2D eigenvalue weighted by Crippen LogP contribution is -2.15. The molecular formula is C15H17FN2O2. The van der Waals surface area contributed by atoms with Crippen LogP contribution < -0.4 is 15.2 Å². The van der Waals surface area contributed by atoms with Crippen LogP contribution in [0.2, 0.25) is 0 Å². The number of halogens is 1. The van der Waals surface area contributed by atoms with Gasteiger partial charge in [-0.15, -0.1) is 0 Å². The van der Waals surface area contributed by atoms with Gasteiger partial charge in [-0.05, 0) is 24.1 Å². The van der Waals surface area contributed by atoms with Crippen molar-refractivity contribution in [3.05, 3.63) is 53.6 Å². The first-order valence-corrected chi connectivity index (χ1v) is 6.22. The van der Waals surface area contributed by atoms with Gasteiger partial charge in [0.15, 0.2) is 11.6 Å². The van der Waals surface area contributed by atoms with Crippen molar-refractivity contribution < 1.29 is 13.9 Å². The first-order chi connectivity index (χ1) is 9.67. The van der Waals surface area contributed by atoms with E-state index in [0.29, 0.717) is 17.7 Å². The zero-order valence-electron chi connectivity index (χ0n) is 11.5. The van der Waals surface area contributed by atoms with E-state index in [2.05, 4.69) is 4.98 Å². The van der Waals surface area contributed by atoms with Gasteiger partial charge >= 0.3 is 0 Å². The zero-order valence-corrected chi connectivity index (χ0v) is 11.5. The summed E-state index contributed by atoms with van der Waals surface area (Å²) in [5.41, 5.74) is 7.45. The summed E-state index contributed by atoms with van der Waals surface area (Å²) in [5, 5.41) is 0. The molecule has 0 saturated carbocycles. The van der Waals surface area contributed by atoms with Crippen molar-refractivity contribution in [2.75, 3.05) is 14.2 Å². The van der Waals surface area contributed by atoms with Crippen LogP contribution in [0.4, 0.5) is 4.39 Å². The predicted molar refractivity (Wildman–Crippen MR) is 74.4 cm³/mol. The van der Waals surface area contributed by atoms with Gasteiger partial charge in [0.2, 0.25) is 0 Å². The van der Waals surface area contributed by atoms with E-state index in [1.165, 1.54) is 7.11 Å². The van der Waals surface area contributed by atoms with Crippen molar-refractivity contribution in [3.8, 4) is 11.5 Å². The van der Waals surface area contributed by atoms with Crippen molar-refractivity contribution in [1.29, 1.82) is 0 Å². The Kier molecular flexibility index (Phi) is 4.53. The van der Waals surface area contributed by atoms with Crippen LogP contribution >= 0.6 is 0 Å². The molecule has 0 aliphatic carbocycles. The number of rotatable bonds is 5. The Morgan fingerprint density at radius 3 is 2.65 bits per heavy atom. The molecule has 0 saturated heterocycles. The third-order valence-electron chi connectivity index (χ3n) is 3.14. The molecule has 20 heavy (non-hydrogen) atoms. The Bertz CT molecular complexity index is 590. The summed E-state index contributed by atoms with van der Waals surface area (Å²) in [6.07, 6.45) is 3.58. The van der Waals surface area contributed by atoms with E-state index in [4.69, 9.17) is 15.2 Å². The lowest BCUT2D eigenvalue weighted by Gasteiger charge is -2.16. The number of ether oxygens (including phenoxy) is 2. The van der Waals surface area contributed by atoms with Gasteiger partial charge < -0.3 is 15.2 Å². The largest absolute Gasteiger partial charge is 0.495 e. The van der Waals surface area contributed by atoms with E-state index in [1.54, 1.807) is 43.8 Å². The average Bonchev–Trinajstić information content (AvgIpc) is 2.49. The van der Waals surface area contributed by atoms with Gasteiger partial charge in [0.1, 0.15) is 5.75 Å². The molecule has 0 radical (unpaired) electrons. The highest BCUT2D eigenvalue weighted by Crippen LogP contribution is 2.27. The lowest BCUT2D eigenvalue weighted by molar-refractivity contribution is 0.383. The fourth-order valence-electron chi connectivity index (χ4n) is 2.09. The number of nitrogens with two attached hydrogens (primary N) is 1. The van der Waals surface area contributed by atoms with Crippen molar-refractivity contribution in [3.63, 3.8) is 0 Å². The van der Waals surface area contributed by atoms with E-state index in [0.717, 1.165) is 5.56 Å². The SMILES string of the molecule is COc1cnccc1C(N)Cc1cccc(OC)c1F. The maximum atomic E-state index is 14.1. The summed E-state index contributed by atoms with van der Waals surface area (Å²) < 4.78 is 24.3. The van der Waals surface area contributed by atoms with Crippen molar-refractivity contribution >= 4 is 0 Å². The van der Waals surface area contributed by atoms with Crippen LogP contribution in [0.1, 0.15) is 17.2 Å². The van der Waals surface area contributed by atoms with E-state index < -0.39 is 0 Å². The second-order valence-electron chi connectivity index (χ2n) is 4.36. The molecule has 2 N–H and O–H groups in total. The molecule has 0 amide bonds. The minimum Gasteiger partial charge on any atom is -0.495 e. The fourth-order valence-corrected chi connectivity index (χ4v) is 2.09. The molecule has 1 atom stereocenters. The predicted octanol–water partition coefficient (Wildman–Crippen LogP) is 2.48. The minimum atomic E-state index is -0.380. The van der Waals surface area contributed by atoms with Crippen LogP contribution in [0.3, 0.4) is 0 Å². The maximum Gasteiger partial charge on any atom is 0.168 e. The maximum absolute atomic E-state index is 14.1. The van der Waals surface area contributed by atoms with Crippen LogP contribution in [0.25, 0.3) is 0 Å². The van der Waals surface area contributed by atoms with E-state index in [9.17, 15) is 4.39 Å². The van der Waals surface area contributed by atoms with Gasteiger partial charge in [0, 0.05) is 17.8 Å². The topological polar surface area (TPSA) is 57.4 Å². The van der Waals surface area contributed by atoms with Crippen LogP contribution in [0.15, 0.2) is 36.7 Å². The third kappa shape index (κ3) is 2.88. The number of nitrogens with zero attached hydrogens (tertiary/aromatic N) is 1. The first-order valence-electron chi connectivity index (χ1n) is 6.22. The molecule has 4 nitrogen and oxygen atoms in total. The molecule has 0 fully saturated rings. The average molecular weight is 276 g/mol. The van der Waals surface area contributed by atoms with E-state index in [-0.39, 0.29) is 17.6 Å². The van der Waals surface area contributed by atoms with Crippen LogP contribution in [-0.4, -0.2) is 19.2 Å². The summed E-state index contributed by atoms with van der Waals surface area (Å²) in [5.74, 6) is 0.443. The molecule has 1 aromatic carbocycles. The highest BCUT2D eigenvalue weighted by Gasteiger charge is 2.16. The summed E-state index contributed by atoms with van der Waals surface area (Å²) in [6, 6.07) is 6.42. The smallest absolute Gasteiger partial charge is 0.168 e. The molecule has 0 bridgehead atoms. The van der Waals surface area contributed by atoms with E-state index >= 15 is 0 Å². The second-order valence-corrected chi connectivity index (χ2v) is 4.36. The molecule has 2 aromatic rings. The molecule has 0 spiro atoms. The number of hydrogen-bond donors (Lipinski definition) is 1. The van der Waals surface area contributed by atoms with Crippen molar-refractivity contribution in [2.24, 2.45) is 5.73 Å². The summed E-state index contributed by atoms with van der Waals surface area (Å²) in [6.45, 7) is 0. The first kappa shape index (κ1) is 14.3. The Labute approximate surface area is 117 Å². The van der Waals surface area contributed by atoms with Crippen LogP contribution in [0.5, 0.6) is 11.5 Å². The van der Waals surface area contributed by atoms with E-state index in [1.807, 2.05) is 0 Å². The van der Waals surface area contributed by atoms with Crippen molar-refractivity contribution in [2.45, 2.75) is 12.5 Å². The number of hydrogen-bond acceptors (Lipinski definition) is 4. The lowest BCUT2D eigenvalue weighted by atomic mass is 9.99. The number of aromatic nitrogens is 1. The second kappa shape index (κ2) is 6.34. The molecule has 0 aliphatic heterocycles. The number of methoxy groups -OCH3 is 2. The minimum absolute atomic E-state index is 0.219. The van der Waals surface area contributed by atoms with Gasteiger partial charge in [0.25, 0.3) is 0 Å². The fraction of sp³-hybridized carbons (Fsp3) is 0.267. The van der Waals surface area contributed by atoms with Gasteiger partial charge in [-0.1, -0.05) is 12.1 Å². The Morgan fingerprint density at radius 1 is 1.20 bits per heavy atom. The molecular weight excluding hydrogens is 259 g/mol. The molecule has 106 valence electrons. The Balaban J connectivity index is 2.26. The Morgan fingerprint density at radius 2 is 1.95 bits per heavy atom. The van der Waals surface area contributed by atoms with Crippen LogP contribution in [-0.2, 0) is 6.42 Å². The summed E-state index contributed by atoms with van der Waals surface area (Å²) in [7, 11) is 2.99. The molecule has 1 unspecified atom stereocenters. The van der Waals surface area contributed by atoms with Gasteiger partial charge in [0.05, 0.1) is 20.4 Å². The normalized spacial score (nSPS) is 12.0. The highest BCUT2D eigenvalue weighted by atomic mass is 19.1. The van der Waals surface area contributed by atoms with Crippen LogP contribution in [0, 0.1) is 5.82 Å². The van der Waals surface area contributed by atoms with Gasteiger partial charge in [-0.25, -0.2) is 4.39 Å².